The van der Waals surface area contributed by atoms with Crippen molar-refractivity contribution < 1.29 is 14.4 Å². The van der Waals surface area contributed by atoms with E-state index < -0.39 is 4.87 Å². The minimum absolute atomic E-state index is 0.142. The predicted octanol–water partition coefficient (Wildman–Crippen LogP) is 4.26. The fraction of sp³-hybridized carbons (Fsp3) is 0.125. The molecule has 0 radical (unpaired) electrons. The Labute approximate surface area is 194 Å². The van der Waals surface area contributed by atoms with Crippen LogP contribution in [0.2, 0.25) is 5.02 Å². The summed E-state index contributed by atoms with van der Waals surface area (Å²) >= 11 is 7.20. The molecular formula is C24H18ClN3O3S. The van der Waals surface area contributed by atoms with Crippen LogP contribution >= 0.6 is 23.4 Å². The quantitative estimate of drug-likeness (QED) is 0.627. The lowest BCUT2D eigenvalue weighted by Crippen LogP contribution is -2.50. The van der Waals surface area contributed by atoms with Gasteiger partial charge in [0.15, 0.2) is 0 Å². The number of halogens is 1. The van der Waals surface area contributed by atoms with Crippen LogP contribution in [-0.2, 0) is 19.3 Å². The van der Waals surface area contributed by atoms with Crippen LogP contribution in [0.25, 0.3) is 0 Å². The third-order valence-electron chi connectivity index (χ3n) is 5.51. The minimum Gasteiger partial charge on any atom is -0.325 e. The third kappa shape index (κ3) is 3.25. The van der Waals surface area contributed by atoms with E-state index in [4.69, 9.17) is 11.6 Å². The van der Waals surface area contributed by atoms with E-state index in [-0.39, 0.29) is 30.0 Å². The zero-order chi connectivity index (χ0) is 22.3. The zero-order valence-corrected chi connectivity index (χ0v) is 18.4. The highest BCUT2D eigenvalue weighted by molar-refractivity contribution is 8.02. The van der Waals surface area contributed by atoms with Gasteiger partial charge in [-0.3, -0.25) is 24.2 Å². The fourth-order valence-electron chi connectivity index (χ4n) is 4.17. The molecule has 0 bridgehead atoms. The average molecular weight is 464 g/mol. The highest BCUT2D eigenvalue weighted by Gasteiger charge is 2.61. The summed E-state index contributed by atoms with van der Waals surface area (Å²) < 4.78 is 0. The monoisotopic (exact) mass is 463 g/mol. The van der Waals surface area contributed by atoms with Gasteiger partial charge in [-0.15, -0.1) is 11.8 Å². The fourth-order valence-corrected chi connectivity index (χ4v) is 5.65. The molecule has 2 heterocycles. The SMILES string of the molecule is O=C(CN1C(=O)[C@]2(SCC(=O)N2c2ccccc2)c2ccccc21)Nc1ccc(Cl)cc1. The first kappa shape index (κ1) is 20.6. The summed E-state index contributed by atoms with van der Waals surface area (Å²) in [6.45, 7) is -0.169. The number of thioether (sulfide) groups is 1. The van der Waals surface area contributed by atoms with Gasteiger partial charge in [0.05, 0.1) is 11.4 Å². The molecule has 1 N–H and O–H groups in total. The molecule has 0 aliphatic carbocycles. The topological polar surface area (TPSA) is 69.7 Å². The van der Waals surface area contributed by atoms with Crippen LogP contribution in [0.3, 0.4) is 0 Å². The summed E-state index contributed by atoms with van der Waals surface area (Å²) in [4.78, 5) is 41.4. The molecule has 32 heavy (non-hydrogen) atoms. The van der Waals surface area contributed by atoms with Crippen LogP contribution in [0.4, 0.5) is 17.1 Å². The van der Waals surface area contributed by atoms with Crippen molar-refractivity contribution in [2.24, 2.45) is 0 Å². The Morgan fingerprint density at radius 1 is 0.969 bits per heavy atom. The largest absolute Gasteiger partial charge is 0.325 e. The van der Waals surface area contributed by atoms with E-state index in [0.717, 1.165) is 0 Å². The summed E-state index contributed by atoms with van der Waals surface area (Å²) in [5.41, 5.74) is 2.58. The number of amides is 3. The number of fused-ring (bicyclic) bond motifs is 2. The molecule has 3 aromatic carbocycles. The number of carbonyl (C=O) groups excluding carboxylic acids is 3. The lowest BCUT2D eigenvalue weighted by Gasteiger charge is -2.33. The number of benzene rings is 3. The Balaban J connectivity index is 1.50. The van der Waals surface area contributed by atoms with Crippen LogP contribution in [0.1, 0.15) is 5.56 Å². The van der Waals surface area contributed by atoms with Crippen LogP contribution < -0.4 is 15.1 Å². The van der Waals surface area contributed by atoms with Crippen molar-refractivity contribution >= 4 is 58.1 Å². The third-order valence-corrected chi connectivity index (χ3v) is 7.15. The van der Waals surface area contributed by atoms with Gasteiger partial charge in [0.1, 0.15) is 6.54 Å². The molecular weight excluding hydrogens is 446 g/mol. The summed E-state index contributed by atoms with van der Waals surface area (Å²) in [6.07, 6.45) is 0. The van der Waals surface area contributed by atoms with Gasteiger partial charge in [0, 0.05) is 22.0 Å². The first-order chi connectivity index (χ1) is 15.5. The molecule has 2 aliphatic heterocycles. The van der Waals surface area contributed by atoms with E-state index in [1.54, 1.807) is 29.2 Å². The van der Waals surface area contributed by atoms with E-state index in [2.05, 4.69) is 5.32 Å². The Morgan fingerprint density at radius 2 is 1.66 bits per heavy atom. The van der Waals surface area contributed by atoms with E-state index in [9.17, 15) is 14.4 Å². The predicted molar refractivity (Wildman–Crippen MR) is 127 cm³/mol. The molecule has 2 aliphatic rings. The van der Waals surface area contributed by atoms with Gasteiger partial charge < -0.3 is 5.32 Å². The van der Waals surface area contributed by atoms with Crippen molar-refractivity contribution in [1.29, 1.82) is 0 Å². The number of hydrogen-bond acceptors (Lipinski definition) is 4. The summed E-state index contributed by atoms with van der Waals surface area (Å²) in [6, 6.07) is 23.3. The van der Waals surface area contributed by atoms with Gasteiger partial charge >= 0.3 is 0 Å². The maximum absolute atomic E-state index is 13.9. The van der Waals surface area contributed by atoms with Gasteiger partial charge in [0.2, 0.25) is 16.7 Å². The number of para-hydroxylation sites is 2. The van der Waals surface area contributed by atoms with Gasteiger partial charge in [-0.05, 0) is 42.5 Å². The second kappa shape index (κ2) is 8.00. The molecule has 1 fully saturated rings. The smallest absolute Gasteiger partial charge is 0.269 e. The number of hydrogen-bond donors (Lipinski definition) is 1. The molecule has 160 valence electrons. The van der Waals surface area contributed by atoms with Gasteiger partial charge in [-0.25, -0.2) is 0 Å². The van der Waals surface area contributed by atoms with E-state index in [1.165, 1.54) is 16.7 Å². The van der Waals surface area contributed by atoms with Crippen LogP contribution in [0.15, 0.2) is 78.9 Å². The minimum atomic E-state index is -1.23. The van der Waals surface area contributed by atoms with Gasteiger partial charge in [0.25, 0.3) is 5.91 Å². The Morgan fingerprint density at radius 3 is 2.41 bits per heavy atom. The molecule has 1 saturated heterocycles. The maximum Gasteiger partial charge on any atom is 0.269 e. The summed E-state index contributed by atoms with van der Waals surface area (Å²) in [5.74, 6) is -0.602. The molecule has 5 rings (SSSR count). The van der Waals surface area contributed by atoms with Crippen LogP contribution in [-0.4, -0.2) is 30.0 Å². The standard InChI is InChI=1S/C24H18ClN3O3S/c25-16-10-12-17(13-11-16)26-21(29)14-27-20-9-5-4-8-19(20)24(23(27)31)28(22(30)15-32-24)18-6-2-1-3-7-18/h1-13H,14-15H2,(H,26,29)/t24-/m1/s1. The summed E-state index contributed by atoms with van der Waals surface area (Å²) in [7, 11) is 0. The maximum atomic E-state index is 13.9. The Kier molecular flexibility index (Phi) is 5.15. The zero-order valence-electron chi connectivity index (χ0n) is 16.8. The highest BCUT2D eigenvalue weighted by Crippen LogP contribution is 2.55. The molecule has 6 nitrogen and oxygen atoms in total. The van der Waals surface area contributed by atoms with Crippen molar-refractivity contribution in [2.45, 2.75) is 4.87 Å². The average Bonchev–Trinajstić information content (AvgIpc) is 3.27. The van der Waals surface area contributed by atoms with Crippen molar-refractivity contribution in [1.82, 2.24) is 0 Å². The van der Waals surface area contributed by atoms with Crippen molar-refractivity contribution in [2.75, 3.05) is 27.4 Å². The van der Waals surface area contributed by atoms with Gasteiger partial charge in [-0.1, -0.05) is 48.0 Å². The van der Waals surface area contributed by atoms with Crippen molar-refractivity contribution in [3.8, 4) is 0 Å². The van der Waals surface area contributed by atoms with Crippen molar-refractivity contribution in [3.05, 3.63) is 89.4 Å². The normalized spacial score (nSPS) is 19.5. The molecule has 0 unspecified atom stereocenters. The van der Waals surface area contributed by atoms with Crippen LogP contribution in [0, 0.1) is 0 Å². The molecule has 1 spiro atoms. The Bertz CT molecular complexity index is 1220. The molecule has 0 aromatic heterocycles. The highest BCUT2D eigenvalue weighted by atomic mass is 35.5. The molecule has 3 aromatic rings. The Hall–Kier alpha value is -3.29. The first-order valence-corrected chi connectivity index (χ1v) is 11.4. The molecule has 3 amide bonds. The lowest BCUT2D eigenvalue weighted by molar-refractivity contribution is -0.124. The molecule has 1 atom stereocenters. The first-order valence-electron chi connectivity index (χ1n) is 9.99. The molecule has 8 heteroatoms. The van der Waals surface area contributed by atoms with E-state index in [1.807, 2.05) is 54.6 Å². The lowest BCUT2D eigenvalue weighted by atomic mass is 10.0. The second-order valence-electron chi connectivity index (χ2n) is 7.46. The van der Waals surface area contributed by atoms with Crippen molar-refractivity contribution in [3.63, 3.8) is 0 Å². The van der Waals surface area contributed by atoms with Gasteiger partial charge in [-0.2, -0.15) is 0 Å². The second-order valence-corrected chi connectivity index (χ2v) is 9.07. The number of rotatable bonds is 4. The number of carbonyl (C=O) groups is 3. The molecule has 0 saturated carbocycles. The number of anilines is 3. The van der Waals surface area contributed by atoms with E-state index in [0.29, 0.717) is 27.6 Å². The summed E-state index contributed by atoms with van der Waals surface area (Å²) in [5, 5.41) is 3.37. The van der Waals surface area contributed by atoms with Crippen LogP contribution in [0.5, 0.6) is 0 Å². The van der Waals surface area contributed by atoms with E-state index >= 15 is 0 Å². The number of nitrogens with one attached hydrogen (secondary N) is 1. The number of nitrogens with zero attached hydrogens (tertiary/aromatic N) is 2.